The van der Waals surface area contributed by atoms with E-state index < -0.39 is 0 Å². The van der Waals surface area contributed by atoms with Crippen molar-refractivity contribution in [2.75, 3.05) is 36.4 Å². The van der Waals surface area contributed by atoms with E-state index in [0.29, 0.717) is 49.1 Å². The number of hydrogen-bond donors (Lipinski definition) is 1. The Labute approximate surface area is 168 Å². The Morgan fingerprint density at radius 2 is 1.72 bits per heavy atom. The SMILES string of the molecule is Cc1ccc(C(=O)Nc2ccc(N3CCN(C(=O)c4ccco4)CC3)nn2)cc1. The van der Waals surface area contributed by atoms with Gasteiger partial charge in [0.15, 0.2) is 17.4 Å². The van der Waals surface area contributed by atoms with E-state index in [1.807, 2.05) is 25.1 Å². The summed E-state index contributed by atoms with van der Waals surface area (Å²) in [5, 5.41) is 11.1. The van der Waals surface area contributed by atoms with Gasteiger partial charge in [-0.05, 0) is 43.3 Å². The van der Waals surface area contributed by atoms with E-state index in [0.717, 1.165) is 5.56 Å². The van der Waals surface area contributed by atoms with Crippen molar-refractivity contribution in [3.63, 3.8) is 0 Å². The molecule has 0 atom stereocenters. The number of benzene rings is 1. The van der Waals surface area contributed by atoms with Crippen molar-refractivity contribution >= 4 is 23.5 Å². The minimum Gasteiger partial charge on any atom is -0.459 e. The van der Waals surface area contributed by atoms with Crippen LogP contribution in [0, 0.1) is 6.92 Å². The third kappa shape index (κ3) is 4.26. The molecule has 0 radical (unpaired) electrons. The van der Waals surface area contributed by atoms with Crippen LogP contribution in [0.25, 0.3) is 0 Å². The average molecular weight is 391 g/mol. The van der Waals surface area contributed by atoms with E-state index in [1.54, 1.807) is 35.2 Å². The van der Waals surface area contributed by atoms with Gasteiger partial charge in [0.1, 0.15) is 0 Å². The third-order valence-corrected chi connectivity index (χ3v) is 4.83. The monoisotopic (exact) mass is 391 g/mol. The van der Waals surface area contributed by atoms with Gasteiger partial charge in [-0.15, -0.1) is 10.2 Å². The standard InChI is InChI=1S/C21H21N5O3/c1-15-4-6-16(7-5-15)20(27)22-18-8-9-19(24-23-18)25-10-12-26(13-11-25)21(28)17-3-2-14-29-17/h2-9,14H,10-13H2,1H3,(H,22,23,27). The number of aryl methyl sites for hydroxylation is 1. The van der Waals surface area contributed by atoms with Gasteiger partial charge in [-0.1, -0.05) is 17.7 Å². The lowest BCUT2D eigenvalue weighted by molar-refractivity contribution is 0.0714. The molecular formula is C21H21N5O3. The van der Waals surface area contributed by atoms with Crippen molar-refractivity contribution in [1.29, 1.82) is 0 Å². The average Bonchev–Trinajstić information content (AvgIpc) is 3.29. The highest BCUT2D eigenvalue weighted by Gasteiger charge is 2.24. The Balaban J connectivity index is 1.33. The summed E-state index contributed by atoms with van der Waals surface area (Å²) in [4.78, 5) is 28.4. The topological polar surface area (TPSA) is 91.6 Å². The van der Waals surface area contributed by atoms with E-state index in [2.05, 4.69) is 20.4 Å². The zero-order chi connectivity index (χ0) is 20.2. The van der Waals surface area contributed by atoms with Gasteiger partial charge in [-0.2, -0.15) is 0 Å². The van der Waals surface area contributed by atoms with Crippen LogP contribution in [-0.2, 0) is 0 Å². The van der Waals surface area contributed by atoms with Crippen molar-refractivity contribution < 1.29 is 14.0 Å². The highest BCUT2D eigenvalue weighted by molar-refractivity contribution is 6.03. The van der Waals surface area contributed by atoms with Crippen molar-refractivity contribution in [2.24, 2.45) is 0 Å². The van der Waals surface area contributed by atoms with Gasteiger partial charge >= 0.3 is 0 Å². The molecule has 1 aromatic carbocycles. The molecule has 0 aliphatic carbocycles. The van der Waals surface area contributed by atoms with Gasteiger partial charge in [0.05, 0.1) is 6.26 Å². The van der Waals surface area contributed by atoms with Gasteiger partial charge in [-0.25, -0.2) is 0 Å². The zero-order valence-corrected chi connectivity index (χ0v) is 16.0. The maximum atomic E-state index is 12.3. The van der Waals surface area contributed by atoms with Crippen LogP contribution in [-0.4, -0.2) is 53.1 Å². The molecule has 29 heavy (non-hydrogen) atoms. The second kappa shape index (κ2) is 8.14. The number of carbonyl (C=O) groups excluding carboxylic acids is 2. The second-order valence-electron chi connectivity index (χ2n) is 6.85. The molecule has 3 aromatic rings. The van der Waals surface area contributed by atoms with Crippen LogP contribution in [0.3, 0.4) is 0 Å². The number of amides is 2. The lowest BCUT2D eigenvalue weighted by Gasteiger charge is -2.34. The lowest BCUT2D eigenvalue weighted by Crippen LogP contribution is -2.49. The number of rotatable bonds is 4. The number of furan rings is 1. The minimum absolute atomic E-state index is 0.102. The van der Waals surface area contributed by atoms with Gasteiger partial charge in [0.2, 0.25) is 0 Å². The van der Waals surface area contributed by atoms with Crippen LogP contribution in [0.1, 0.15) is 26.5 Å². The number of hydrogen-bond acceptors (Lipinski definition) is 6. The van der Waals surface area contributed by atoms with E-state index in [4.69, 9.17) is 4.42 Å². The van der Waals surface area contributed by atoms with Crippen molar-refractivity contribution in [3.05, 3.63) is 71.7 Å². The molecule has 1 N–H and O–H groups in total. The summed E-state index contributed by atoms with van der Waals surface area (Å²) in [5.41, 5.74) is 1.66. The molecule has 0 unspecified atom stereocenters. The maximum absolute atomic E-state index is 12.3. The first-order valence-electron chi connectivity index (χ1n) is 9.39. The fourth-order valence-corrected chi connectivity index (χ4v) is 3.15. The molecular weight excluding hydrogens is 370 g/mol. The Kier molecular flexibility index (Phi) is 5.24. The molecule has 3 heterocycles. The zero-order valence-electron chi connectivity index (χ0n) is 16.0. The number of nitrogens with one attached hydrogen (secondary N) is 1. The molecule has 2 aromatic heterocycles. The van der Waals surface area contributed by atoms with E-state index in [1.165, 1.54) is 6.26 Å². The molecule has 4 rings (SSSR count). The summed E-state index contributed by atoms with van der Waals surface area (Å²) in [5.74, 6) is 1.13. The summed E-state index contributed by atoms with van der Waals surface area (Å²) in [6.07, 6.45) is 1.50. The van der Waals surface area contributed by atoms with Gasteiger partial charge in [0, 0.05) is 31.7 Å². The molecule has 0 saturated carbocycles. The van der Waals surface area contributed by atoms with Crippen molar-refractivity contribution in [3.8, 4) is 0 Å². The molecule has 1 aliphatic heterocycles. The van der Waals surface area contributed by atoms with Crippen LogP contribution < -0.4 is 10.2 Å². The Morgan fingerprint density at radius 3 is 2.34 bits per heavy atom. The Bertz CT molecular complexity index is 976. The van der Waals surface area contributed by atoms with Gasteiger partial charge < -0.3 is 19.5 Å². The van der Waals surface area contributed by atoms with Crippen LogP contribution in [0.5, 0.6) is 0 Å². The van der Waals surface area contributed by atoms with Crippen LogP contribution >= 0.6 is 0 Å². The number of piperazine rings is 1. The molecule has 1 saturated heterocycles. The molecule has 8 nitrogen and oxygen atoms in total. The highest BCUT2D eigenvalue weighted by atomic mass is 16.3. The Morgan fingerprint density at radius 1 is 0.966 bits per heavy atom. The first-order valence-corrected chi connectivity index (χ1v) is 9.39. The van der Waals surface area contributed by atoms with E-state index in [9.17, 15) is 9.59 Å². The van der Waals surface area contributed by atoms with Crippen molar-refractivity contribution in [2.45, 2.75) is 6.92 Å². The molecule has 1 fully saturated rings. The second-order valence-corrected chi connectivity index (χ2v) is 6.85. The summed E-state index contributed by atoms with van der Waals surface area (Å²) < 4.78 is 5.18. The Hall–Kier alpha value is -3.68. The van der Waals surface area contributed by atoms with Gasteiger partial charge in [-0.3, -0.25) is 9.59 Å². The largest absolute Gasteiger partial charge is 0.459 e. The van der Waals surface area contributed by atoms with E-state index >= 15 is 0 Å². The first-order chi connectivity index (χ1) is 14.1. The molecule has 1 aliphatic rings. The predicted molar refractivity (Wildman–Crippen MR) is 108 cm³/mol. The molecule has 0 spiro atoms. The minimum atomic E-state index is -0.225. The highest BCUT2D eigenvalue weighted by Crippen LogP contribution is 2.16. The number of aromatic nitrogens is 2. The lowest BCUT2D eigenvalue weighted by atomic mass is 10.1. The van der Waals surface area contributed by atoms with Gasteiger partial charge in [0.25, 0.3) is 11.8 Å². The number of anilines is 2. The fraction of sp³-hybridized carbons (Fsp3) is 0.238. The summed E-state index contributed by atoms with van der Waals surface area (Å²) in [7, 11) is 0. The molecule has 8 heteroatoms. The normalized spacial score (nSPS) is 14.0. The van der Waals surface area contributed by atoms with E-state index in [-0.39, 0.29) is 11.8 Å². The smallest absolute Gasteiger partial charge is 0.289 e. The first kappa shape index (κ1) is 18.7. The maximum Gasteiger partial charge on any atom is 0.289 e. The molecule has 2 amide bonds. The predicted octanol–water partition coefficient (Wildman–Crippen LogP) is 2.59. The molecule has 148 valence electrons. The quantitative estimate of drug-likeness (QED) is 0.735. The third-order valence-electron chi connectivity index (χ3n) is 4.83. The number of nitrogens with zero attached hydrogens (tertiary/aromatic N) is 4. The van der Waals surface area contributed by atoms with Crippen molar-refractivity contribution in [1.82, 2.24) is 15.1 Å². The van der Waals surface area contributed by atoms with Crippen LogP contribution in [0.4, 0.5) is 11.6 Å². The molecule has 0 bridgehead atoms. The summed E-state index contributed by atoms with van der Waals surface area (Å²) >= 11 is 0. The van der Waals surface area contributed by atoms with Crippen LogP contribution in [0.15, 0.2) is 59.2 Å². The summed E-state index contributed by atoms with van der Waals surface area (Å²) in [6.45, 7) is 4.42. The fourth-order valence-electron chi connectivity index (χ4n) is 3.15. The summed E-state index contributed by atoms with van der Waals surface area (Å²) in [6, 6.07) is 14.3. The number of carbonyl (C=O) groups is 2. The van der Waals surface area contributed by atoms with Crippen LogP contribution in [0.2, 0.25) is 0 Å².